The van der Waals surface area contributed by atoms with Crippen molar-refractivity contribution in [1.29, 1.82) is 0 Å². The summed E-state index contributed by atoms with van der Waals surface area (Å²) in [4.78, 5) is 11.4. The number of esters is 1. The minimum Gasteiger partial charge on any atom is -0.465 e. The van der Waals surface area contributed by atoms with Crippen LogP contribution in [-0.4, -0.2) is 13.1 Å². The molecule has 18 heavy (non-hydrogen) atoms. The Bertz CT molecular complexity index is 591. The Morgan fingerprint density at radius 1 is 1.11 bits per heavy atom. The summed E-state index contributed by atoms with van der Waals surface area (Å²) >= 11 is 0. The maximum atomic E-state index is 13.2. The van der Waals surface area contributed by atoms with Crippen molar-refractivity contribution in [3.05, 3.63) is 59.4 Å². The second-order valence-corrected chi connectivity index (χ2v) is 4.04. The Balaban J connectivity index is 2.44. The molecule has 0 amide bonds. The smallest absolute Gasteiger partial charge is 0.337 e. The van der Waals surface area contributed by atoms with Gasteiger partial charge in [0.1, 0.15) is 5.82 Å². The molecule has 0 atom stereocenters. The summed E-state index contributed by atoms with van der Waals surface area (Å²) in [5.41, 5.74) is 2.80. The lowest BCUT2D eigenvalue weighted by Gasteiger charge is -2.06. The van der Waals surface area contributed by atoms with E-state index in [-0.39, 0.29) is 11.8 Å². The van der Waals surface area contributed by atoms with Crippen molar-refractivity contribution in [2.75, 3.05) is 7.11 Å². The molecule has 0 aliphatic heterocycles. The van der Waals surface area contributed by atoms with Gasteiger partial charge >= 0.3 is 5.97 Å². The molecule has 2 nitrogen and oxygen atoms in total. The summed E-state index contributed by atoms with van der Waals surface area (Å²) in [6, 6.07) is 11.9. The Labute approximate surface area is 105 Å². The van der Waals surface area contributed by atoms with Gasteiger partial charge in [-0.25, -0.2) is 9.18 Å². The number of carbonyl (C=O) groups excluding carboxylic acids is 1. The SMILES string of the molecule is COC(=O)c1cccc(-c2ccc(F)c(C)c2)c1. The first-order chi connectivity index (χ1) is 8.61. The molecule has 0 unspecified atom stereocenters. The van der Waals surface area contributed by atoms with E-state index in [2.05, 4.69) is 4.74 Å². The second-order valence-electron chi connectivity index (χ2n) is 4.04. The van der Waals surface area contributed by atoms with Gasteiger partial charge in [-0.3, -0.25) is 0 Å². The molecule has 0 radical (unpaired) electrons. The molecule has 0 bridgehead atoms. The Hall–Kier alpha value is -2.16. The predicted octanol–water partition coefficient (Wildman–Crippen LogP) is 3.59. The van der Waals surface area contributed by atoms with Crippen molar-refractivity contribution in [2.24, 2.45) is 0 Å². The number of aryl methyl sites for hydroxylation is 1. The monoisotopic (exact) mass is 244 g/mol. The third kappa shape index (κ3) is 2.40. The molecule has 0 N–H and O–H groups in total. The van der Waals surface area contributed by atoms with E-state index in [0.29, 0.717) is 11.1 Å². The minimum atomic E-state index is -0.379. The van der Waals surface area contributed by atoms with Gasteiger partial charge in [-0.1, -0.05) is 18.2 Å². The number of rotatable bonds is 2. The zero-order chi connectivity index (χ0) is 13.1. The molecule has 92 valence electrons. The van der Waals surface area contributed by atoms with E-state index in [1.165, 1.54) is 13.2 Å². The highest BCUT2D eigenvalue weighted by molar-refractivity contribution is 5.90. The van der Waals surface area contributed by atoms with Crippen LogP contribution in [-0.2, 0) is 4.74 Å². The molecular formula is C15H13FO2. The Morgan fingerprint density at radius 2 is 1.83 bits per heavy atom. The van der Waals surface area contributed by atoms with Crippen LogP contribution >= 0.6 is 0 Å². The van der Waals surface area contributed by atoms with Gasteiger partial charge in [0.25, 0.3) is 0 Å². The van der Waals surface area contributed by atoms with E-state index in [9.17, 15) is 9.18 Å². The van der Waals surface area contributed by atoms with E-state index in [0.717, 1.165) is 11.1 Å². The first-order valence-corrected chi connectivity index (χ1v) is 5.56. The van der Waals surface area contributed by atoms with Gasteiger partial charge in [0.15, 0.2) is 0 Å². The van der Waals surface area contributed by atoms with E-state index in [1.54, 1.807) is 37.3 Å². The topological polar surface area (TPSA) is 26.3 Å². The lowest BCUT2D eigenvalue weighted by molar-refractivity contribution is 0.0601. The first-order valence-electron chi connectivity index (χ1n) is 5.56. The van der Waals surface area contributed by atoms with Crippen LogP contribution in [0.4, 0.5) is 4.39 Å². The van der Waals surface area contributed by atoms with Gasteiger partial charge in [0.2, 0.25) is 0 Å². The van der Waals surface area contributed by atoms with Crippen LogP contribution in [0, 0.1) is 12.7 Å². The normalized spacial score (nSPS) is 10.2. The number of ether oxygens (including phenoxy) is 1. The van der Waals surface area contributed by atoms with Gasteiger partial charge < -0.3 is 4.74 Å². The standard InChI is InChI=1S/C15H13FO2/c1-10-8-12(6-7-14(10)16)11-4-3-5-13(9-11)15(17)18-2/h3-9H,1-2H3. The fourth-order valence-corrected chi connectivity index (χ4v) is 1.77. The average Bonchev–Trinajstić information content (AvgIpc) is 2.41. The minimum absolute atomic E-state index is 0.233. The maximum absolute atomic E-state index is 13.2. The number of benzene rings is 2. The first kappa shape index (κ1) is 12.3. The summed E-state index contributed by atoms with van der Waals surface area (Å²) in [7, 11) is 1.34. The van der Waals surface area contributed by atoms with E-state index in [4.69, 9.17) is 0 Å². The Kier molecular flexibility index (Phi) is 3.42. The van der Waals surface area contributed by atoms with E-state index in [1.807, 2.05) is 6.07 Å². The number of carbonyl (C=O) groups is 1. The number of methoxy groups -OCH3 is 1. The lowest BCUT2D eigenvalue weighted by Crippen LogP contribution is -2.00. The highest BCUT2D eigenvalue weighted by Crippen LogP contribution is 2.23. The molecule has 3 heteroatoms. The van der Waals surface area contributed by atoms with Crippen LogP contribution in [0.25, 0.3) is 11.1 Å². The van der Waals surface area contributed by atoms with Gasteiger partial charge in [0, 0.05) is 0 Å². The largest absolute Gasteiger partial charge is 0.465 e. The Morgan fingerprint density at radius 3 is 2.50 bits per heavy atom. The summed E-state index contributed by atoms with van der Waals surface area (Å²) in [6.07, 6.45) is 0. The van der Waals surface area contributed by atoms with E-state index < -0.39 is 0 Å². The second kappa shape index (κ2) is 5.00. The van der Waals surface area contributed by atoms with Crippen LogP contribution in [0.5, 0.6) is 0 Å². The van der Waals surface area contributed by atoms with Crippen molar-refractivity contribution < 1.29 is 13.9 Å². The zero-order valence-electron chi connectivity index (χ0n) is 10.2. The summed E-state index contributed by atoms with van der Waals surface area (Å²) in [5.74, 6) is -0.612. The number of halogens is 1. The van der Waals surface area contributed by atoms with Crippen LogP contribution in [0.2, 0.25) is 0 Å². The molecular weight excluding hydrogens is 231 g/mol. The summed E-state index contributed by atoms with van der Waals surface area (Å²) in [5, 5.41) is 0. The van der Waals surface area contributed by atoms with E-state index >= 15 is 0 Å². The molecule has 0 saturated carbocycles. The third-order valence-electron chi connectivity index (χ3n) is 2.77. The molecule has 0 heterocycles. The zero-order valence-corrected chi connectivity index (χ0v) is 10.2. The fourth-order valence-electron chi connectivity index (χ4n) is 1.77. The van der Waals surface area contributed by atoms with Crippen molar-refractivity contribution in [2.45, 2.75) is 6.92 Å². The quantitative estimate of drug-likeness (QED) is 0.755. The molecule has 0 spiro atoms. The highest BCUT2D eigenvalue weighted by atomic mass is 19.1. The van der Waals surface area contributed by atoms with Crippen LogP contribution in [0.3, 0.4) is 0 Å². The number of hydrogen-bond acceptors (Lipinski definition) is 2. The van der Waals surface area contributed by atoms with Crippen molar-refractivity contribution >= 4 is 5.97 Å². The fraction of sp³-hybridized carbons (Fsp3) is 0.133. The van der Waals surface area contributed by atoms with Gasteiger partial charge in [0.05, 0.1) is 12.7 Å². The molecule has 2 rings (SSSR count). The maximum Gasteiger partial charge on any atom is 0.337 e. The molecule has 2 aromatic rings. The molecule has 0 saturated heterocycles. The van der Waals surface area contributed by atoms with Crippen LogP contribution < -0.4 is 0 Å². The van der Waals surface area contributed by atoms with Gasteiger partial charge in [-0.15, -0.1) is 0 Å². The third-order valence-corrected chi connectivity index (χ3v) is 2.77. The average molecular weight is 244 g/mol. The summed E-state index contributed by atoms with van der Waals surface area (Å²) in [6.45, 7) is 1.71. The lowest BCUT2D eigenvalue weighted by atomic mass is 10.0. The molecule has 0 fully saturated rings. The van der Waals surface area contributed by atoms with Crippen molar-refractivity contribution in [1.82, 2.24) is 0 Å². The molecule has 2 aromatic carbocycles. The van der Waals surface area contributed by atoms with Crippen molar-refractivity contribution in [3.8, 4) is 11.1 Å². The van der Waals surface area contributed by atoms with Crippen LogP contribution in [0.1, 0.15) is 15.9 Å². The summed E-state index contributed by atoms with van der Waals surface area (Å²) < 4.78 is 17.9. The van der Waals surface area contributed by atoms with Gasteiger partial charge in [-0.05, 0) is 47.9 Å². The van der Waals surface area contributed by atoms with Gasteiger partial charge in [-0.2, -0.15) is 0 Å². The molecule has 0 aliphatic rings. The number of hydrogen-bond donors (Lipinski definition) is 0. The molecule has 0 aliphatic carbocycles. The van der Waals surface area contributed by atoms with Crippen LogP contribution in [0.15, 0.2) is 42.5 Å². The predicted molar refractivity (Wildman–Crippen MR) is 67.9 cm³/mol. The molecule has 0 aromatic heterocycles. The van der Waals surface area contributed by atoms with Crippen molar-refractivity contribution in [3.63, 3.8) is 0 Å². The highest BCUT2D eigenvalue weighted by Gasteiger charge is 2.07.